The quantitative estimate of drug-likeness (QED) is 0.778. The van der Waals surface area contributed by atoms with E-state index in [1.807, 2.05) is 38.1 Å². The van der Waals surface area contributed by atoms with E-state index in [0.29, 0.717) is 11.4 Å². The maximum Gasteiger partial charge on any atom is 0.354 e. The first-order valence-electron chi connectivity index (χ1n) is 7.82. The number of aryl methyl sites for hydroxylation is 2. The fourth-order valence-electron chi connectivity index (χ4n) is 2.89. The molecule has 0 saturated heterocycles. The van der Waals surface area contributed by atoms with Crippen LogP contribution in [0.4, 0.5) is 0 Å². The minimum atomic E-state index is -1.04. The van der Waals surface area contributed by atoms with Crippen LogP contribution in [0.3, 0.4) is 0 Å². The van der Waals surface area contributed by atoms with E-state index in [4.69, 9.17) is 4.74 Å². The summed E-state index contributed by atoms with van der Waals surface area (Å²) in [6.45, 7) is 3.94. The minimum absolute atomic E-state index is 0.0296. The maximum atomic E-state index is 11.5. The van der Waals surface area contributed by atoms with E-state index in [1.54, 1.807) is 17.7 Å². The topological polar surface area (TPSA) is 76.7 Å². The monoisotopic (exact) mass is 325 g/mol. The van der Waals surface area contributed by atoms with Gasteiger partial charge in [0.2, 0.25) is 0 Å². The highest BCUT2D eigenvalue weighted by atomic mass is 16.5. The van der Waals surface area contributed by atoms with Gasteiger partial charge in [-0.2, -0.15) is 5.10 Å². The molecular formula is C18H19N3O3. The zero-order valence-corrected chi connectivity index (χ0v) is 13.9. The lowest BCUT2D eigenvalue weighted by molar-refractivity contribution is 0.0690. The number of hydrogen-bond donors (Lipinski definition) is 1. The van der Waals surface area contributed by atoms with E-state index in [1.165, 1.54) is 0 Å². The smallest absolute Gasteiger partial charge is 0.354 e. The Labute approximate surface area is 139 Å². The van der Waals surface area contributed by atoms with Crippen LogP contribution in [-0.4, -0.2) is 32.8 Å². The summed E-state index contributed by atoms with van der Waals surface area (Å²) >= 11 is 0. The molecule has 0 atom stereocenters. The molecule has 0 saturated carbocycles. The summed E-state index contributed by atoms with van der Waals surface area (Å²) in [4.78, 5) is 15.8. The Morgan fingerprint density at radius 2 is 2.08 bits per heavy atom. The Kier molecular flexibility index (Phi) is 4.20. The molecule has 0 radical (unpaired) electrons. The molecule has 6 nitrogen and oxygen atoms in total. The standard InChI is InChI=1S/C18H19N3O3/c1-4-7-12-10-14(18(22)23)19-17-16(11(2)20-21(12)17)13-8-5-6-9-15(13)24-3/h5-6,8-10H,4,7H2,1-3H3,(H,22,23). The lowest BCUT2D eigenvalue weighted by Crippen LogP contribution is -2.08. The van der Waals surface area contributed by atoms with Crippen molar-refractivity contribution in [1.82, 2.24) is 14.6 Å². The number of benzene rings is 1. The number of para-hydroxylation sites is 1. The molecule has 1 aromatic carbocycles. The van der Waals surface area contributed by atoms with Crippen molar-refractivity contribution in [3.05, 3.63) is 47.4 Å². The van der Waals surface area contributed by atoms with Gasteiger partial charge in [0.25, 0.3) is 0 Å². The number of carboxylic acid groups (broad SMARTS) is 1. The number of methoxy groups -OCH3 is 1. The molecule has 0 aliphatic carbocycles. The van der Waals surface area contributed by atoms with Crippen LogP contribution in [0, 0.1) is 6.92 Å². The molecule has 0 bridgehead atoms. The van der Waals surface area contributed by atoms with Gasteiger partial charge in [-0.25, -0.2) is 14.3 Å². The SMILES string of the molecule is CCCc1cc(C(=O)O)nc2c(-c3ccccc3OC)c(C)nn12. The number of rotatable bonds is 5. The van der Waals surface area contributed by atoms with E-state index in [2.05, 4.69) is 10.1 Å². The van der Waals surface area contributed by atoms with Crippen LogP contribution in [-0.2, 0) is 6.42 Å². The van der Waals surface area contributed by atoms with Gasteiger partial charge in [0.05, 0.1) is 18.4 Å². The molecule has 6 heteroatoms. The third-order valence-corrected chi connectivity index (χ3v) is 3.94. The fourth-order valence-corrected chi connectivity index (χ4v) is 2.89. The summed E-state index contributed by atoms with van der Waals surface area (Å²) in [5.74, 6) is -0.338. The zero-order valence-electron chi connectivity index (χ0n) is 13.9. The number of nitrogens with zero attached hydrogens (tertiary/aromatic N) is 3. The lowest BCUT2D eigenvalue weighted by atomic mass is 10.0. The zero-order chi connectivity index (χ0) is 17.3. The van der Waals surface area contributed by atoms with Gasteiger partial charge < -0.3 is 9.84 Å². The molecule has 24 heavy (non-hydrogen) atoms. The van der Waals surface area contributed by atoms with Crippen LogP contribution < -0.4 is 4.74 Å². The number of ether oxygens (including phenoxy) is 1. The van der Waals surface area contributed by atoms with Crippen molar-refractivity contribution in [2.24, 2.45) is 0 Å². The summed E-state index contributed by atoms with van der Waals surface area (Å²) in [7, 11) is 1.61. The second-order valence-electron chi connectivity index (χ2n) is 5.58. The van der Waals surface area contributed by atoms with E-state index in [9.17, 15) is 9.90 Å². The summed E-state index contributed by atoms with van der Waals surface area (Å²) in [6, 6.07) is 9.19. The third-order valence-electron chi connectivity index (χ3n) is 3.94. The lowest BCUT2D eigenvalue weighted by Gasteiger charge is -2.09. The van der Waals surface area contributed by atoms with Crippen molar-refractivity contribution >= 4 is 11.6 Å². The Hall–Kier alpha value is -2.89. The average molecular weight is 325 g/mol. The highest BCUT2D eigenvalue weighted by molar-refractivity contribution is 5.89. The Morgan fingerprint density at radius 1 is 1.33 bits per heavy atom. The predicted molar refractivity (Wildman–Crippen MR) is 90.7 cm³/mol. The number of fused-ring (bicyclic) bond motifs is 1. The van der Waals surface area contributed by atoms with Gasteiger partial charge in [0.15, 0.2) is 11.3 Å². The molecule has 0 amide bonds. The Morgan fingerprint density at radius 3 is 2.75 bits per heavy atom. The summed E-state index contributed by atoms with van der Waals surface area (Å²) in [5, 5.41) is 14.0. The van der Waals surface area contributed by atoms with Crippen molar-refractivity contribution in [3.63, 3.8) is 0 Å². The summed E-state index contributed by atoms with van der Waals surface area (Å²) in [5.41, 5.74) is 3.84. The molecule has 124 valence electrons. The van der Waals surface area contributed by atoms with Gasteiger partial charge in [0, 0.05) is 11.3 Å². The molecular weight excluding hydrogens is 306 g/mol. The first-order valence-corrected chi connectivity index (χ1v) is 7.82. The van der Waals surface area contributed by atoms with Crippen LogP contribution in [0.2, 0.25) is 0 Å². The van der Waals surface area contributed by atoms with Crippen molar-refractivity contribution in [2.45, 2.75) is 26.7 Å². The number of aromatic carboxylic acids is 1. The van der Waals surface area contributed by atoms with Crippen LogP contribution in [0.5, 0.6) is 5.75 Å². The predicted octanol–water partition coefficient (Wildman–Crippen LogP) is 3.36. The molecule has 2 aromatic heterocycles. The van der Waals surface area contributed by atoms with Crippen molar-refractivity contribution in [1.29, 1.82) is 0 Å². The molecule has 0 spiro atoms. The molecule has 0 unspecified atom stereocenters. The molecule has 0 aliphatic rings. The van der Waals surface area contributed by atoms with Crippen LogP contribution in [0.15, 0.2) is 30.3 Å². The van der Waals surface area contributed by atoms with E-state index >= 15 is 0 Å². The van der Waals surface area contributed by atoms with Gasteiger partial charge in [-0.3, -0.25) is 0 Å². The first-order chi connectivity index (χ1) is 11.6. The van der Waals surface area contributed by atoms with E-state index in [0.717, 1.165) is 35.4 Å². The Bertz CT molecular complexity index is 915. The number of hydrogen-bond acceptors (Lipinski definition) is 4. The van der Waals surface area contributed by atoms with Gasteiger partial charge in [-0.05, 0) is 25.5 Å². The van der Waals surface area contributed by atoms with Crippen LogP contribution in [0.25, 0.3) is 16.8 Å². The highest BCUT2D eigenvalue weighted by Crippen LogP contribution is 2.34. The number of aromatic nitrogens is 3. The largest absolute Gasteiger partial charge is 0.496 e. The second kappa shape index (κ2) is 6.31. The minimum Gasteiger partial charge on any atom is -0.496 e. The van der Waals surface area contributed by atoms with Crippen LogP contribution >= 0.6 is 0 Å². The van der Waals surface area contributed by atoms with Gasteiger partial charge in [-0.15, -0.1) is 0 Å². The first kappa shape index (κ1) is 16.0. The Balaban J connectivity index is 2.36. The molecule has 0 aliphatic heterocycles. The van der Waals surface area contributed by atoms with Gasteiger partial charge >= 0.3 is 5.97 Å². The van der Waals surface area contributed by atoms with Crippen molar-refractivity contribution in [3.8, 4) is 16.9 Å². The molecule has 1 N–H and O–H groups in total. The average Bonchev–Trinajstić information content (AvgIpc) is 2.91. The van der Waals surface area contributed by atoms with Crippen LogP contribution in [0.1, 0.15) is 35.2 Å². The number of carbonyl (C=O) groups is 1. The van der Waals surface area contributed by atoms with Gasteiger partial charge in [-0.1, -0.05) is 31.5 Å². The summed E-state index contributed by atoms with van der Waals surface area (Å²) < 4.78 is 7.19. The van der Waals surface area contributed by atoms with Crippen molar-refractivity contribution < 1.29 is 14.6 Å². The molecule has 3 aromatic rings. The van der Waals surface area contributed by atoms with E-state index in [-0.39, 0.29) is 5.69 Å². The fraction of sp³-hybridized carbons (Fsp3) is 0.278. The van der Waals surface area contributed by atoms with Crippen molar-refractivity contribution in [2.75, 3.05) is 7.11 Å². The third kappa shape index (κ3) is 2.60. The maximum absolute atomic E-state index is 11.5. The second-order valence-corrected chi connectivity index (χ2v) is 5.58. The van der Waals surface area contributed by atoms with E-state index < -0.39 is 5.97 Å². The summed E-state index contributed by atoms with van der Waals surface area (Å²) in [6.07, 6.45) is 1.62. The highest BCUT2D eigenvalue weighted by Gasteiger charge is 2.20. The molecule has 3 rings (SSSR count). The normalized spacial score (nSPS) is 11.0. The van der Waals surface area contributed by atoms with Gasteiger partial charge in [0.1, 0.15) is 5.75 Å². The molecule has 0 fully saturated rings. The number of carboxylic acids is 1. The molecule has 2 heterocycles.